The molecule has 0 atom stereocenters. The number of carbonyl (C=O) groups is 1. The van der Waals surface area contributed by atoms with Gasteiger partial charge < -0.3 is 5.11 Å². The summed E-state index contributed by atoms with van der Waals surface area (Å²) in [6, 6.07) is 4.05. The predicted molar refractivity (Wildman–Crippen MR) is 66.2 cm³/mol. The zero-order valence-electron chi connectivity index (χ0n) is 9.82. The van der Waals surface area contributed by atoms with Gasteiger partial charge in [0.25, 0.3) is 10.0 Å². The first kappa shape index (κ1) is 13.9. The average molecular weight is 297 g/mol. The Hall–Kier alpha value is -2.55. The summed E-state index contributed by atoms with van der Waals surface area (Å²) >= 11 is 0. The van der Waals surface area contributed by atoms with Gasteiger partial charge >= 0.3 is 5.97 Å². The van der Waals surface area contributed by atoms with Crippen LogP contribution in [0.2, 0.25) is 0 Å². The Bertz CT molecular complexity index is 747. The molecule has 7 nitrogen and oxygen atoms in total. The van der Waals surface area contributed by atoms with E-state index in [-0.39, 0.29) is 4.90 Å². The van der Waals surface area contributed by atoms with E-state index in [4.69, 9.17) is 5.11 Å². The van der Waals surface area contributed by atoms with Gasteiger partial charge in [0.1, 0.15) is 5.82 Å². The van der Waals surface area contributed by atoms with Gasteiger partial charge in [0, 0.05) is 12.4 Å². The second-order valence-electron chi connectivity index (χ2n) is 3.62. The first-order valence-corrected chi connectivity index (χ1v) is 6.71. The van der Waals surface area contributed by atoms with Crippen LogP contribution in [0, 0.1) is 5.82 Å². The topological polar surface area (TPSA) is 109 Å². The van der Waals surface area contributed by atoms with Gasteiger partial charge in [-0.15, -0.1) is 0 Å². The highest BCUT2D eigenvalue weighted by molar-refractivity contribution is 7.92. The summed E-state index contributed by atoms with van der Waals surface area (Å²) in [6.07, 6.45) is 2.27. The van der Waals surface area contributed by atoms with Gasteiger partial charge in [0.2, 0.25) is 0 Å². The molecule has 0 fully saturated rings. The van der Waals surface area contributed by atoms with Crippen LogP contribution in [0.1, 0.15) is 10.5 Å². The quantitative estimate of drug-likeness (QED) is 0.875. The molecular formula is C11H8FN3O4S. The fourth-order valence-corrected chi connectivity index (χ4v) is 2.39. The van der Waals surface area contributed by atoms with E-state index in [2.05, 4.69) is 9.97 Å². The van der Waals surface area contributed by atoms with Crippen molar-refractivity contribution >= 4 is 21.8 Å². The Balaban J connectivity index is 2.38. The summed E-state index contributed by atoms with van der Waals surface area (Å²) in [7, 11) is -4.07. The highest BCUT2D eigenvalue weighted by Gasteiger charge is 2.20. The minimum Gasteiger partial charge on any atom is -0.476 e. The predicted octanol–water partition coefficient (Wildman–Crippen LogP) is 1.11. The summed E-state index contributed by atoms with van der Waals surface area (Å²) < 4.78 is 38.7. The van der Waals surface area contributed by atoms with E-state index in [0.717, 1.165) is 36.7 Å². The monoisotopic (exact) mass is 297 g/mol. The lowest BCUT2D eigenvalue weighted by atomic mass is 10.4. The molecule has 20 heavy (non-hydrogen) atoms. The molecule has 2 aromatic rings. The molecule has 0 spiro atoms. The van der Waals surface area contributed by atoms with Crippen molar-refractivity contribution in [1.29, 1.82) is 0 Å². The molecule has 1 heterocycles. The van der Waals surface area contributed by atoms with Crippen LogP contribution in [0.25, 0.3) is 0 Å². The van der Waals surface area contributed by atoms with Gasteiger partial charge in [-0.3, -0.25) is 4.72 Å². The van der Waals surface area contributed by atoms with Crippen molar-refractivity contribution in [3.8, 4) is 0 Å². The third kappa shape index (κ3) is 2.88. The second kappa shape index (κ2) is 5.21. The lowest BCUT2D eigenvalue weighted by Gasteiger charge is -2.08. The van der Waals surface area contributed by atoms with Crippen LogP contribution in [-0.2, 0) is 10.0 Å². The fraction of sp³-hybridized carbons (Fsp3) is 0. The molecule has 2 N–H and O–H groups in total. The Morgan fingerprint density at radius 2 is 1.75 bits per heavy atom. The van der Waals surface area contributed by atoms with Gasteiger partial charge in [-0.05, 0) is 24.3 Å². The van der Waals surface area contributed by atoms with Crippen molar-refractivity contribution in [2.24, 2.45) is 0 Å². The Morgan fingerprint density at radius 3 is 2.35 bits per heavy atom. The van der Waals surface area contributed by atoms with Gasteiger partial charge in [0.05, 0.1) is 4.90 Å². The van der Waals surface area contributed by atoms with E-state index >= 15 is 0 Å². The number of hydrogen-bond acceptors (Lipinski definition) is 5. The number of nitrogens with zero attached hydrogens (tertiary/aromatic N) is 2. The SMILES string of the molecule is O=C(O)c1nccnc1NS(=O)(=O)c1ccc(F)cc1. The van der Waals surface area contributed by atoms with E-state index in [1.165, 1.54) is 0 Å². The second-order valence-corrected chi connectivity index (χ2v) is 5.30. The van der Waals surface area contributed by atoms with E-state index in [9.17, 15) is 17.6 Å². The summed E-state index contributed by atoms with van der Waals surface area (Å²) in [5.41, 5.74) is -0.529. The van der Waals surface area contributed by atoms with Crippen LogP contribution >= 0.6 is 0 Å². The number of sulfonamides is 1. The van der Waals surface area contributed by atoms with E-state index in [1.54, 1.807) is 0 Å². The number of aromatic nitrogens is 2. The molecule has 0 saturated heterocycles. The zero-order valence-corrected chi connectivity index (χ0v) is 10.6. The van der Waals surface area contributed by atoms with Gasteiger partial charge in [-0.25, -0.2) is 27.6 Å². The van der Waals surface area contributed by atoms with Gasteiger partial charge in [-0.2, -0.15) is 0 Å². The third-order valence-electron chi connectivity index (χ3n) is 2.26. The lowest BCUT2D eigenvalue weighted by molar-refractivity contribution is 0.0691. The normalized spacial score (nSPS) is 11.1. The summed E-state index contributed by atoms with van der Waals surface area (Å²) in [4.78, 5) is 17.8. The Labute approximate surface area is 113 Å². The molecule has 0 saturated carbocycles. The maximum atomic E-state index is 12.8. The van der Waals surface area contributed by atoms with E-state index < -0.39 is 33.3 Å². The van der Waals surface area contributed by atoms with Crippen molar-refractivity contribution < 1.29 is 22.7 Å². The number of aromatic carboxylic acids is 1. The van der Waals surface area contributed by atoms with Crippen molar-refractivity contribution in [3.63, 3.8) is 0 Å². The first-order valence-electron chi connectivity index (χ1n) is 5.23. The van der Waals surface area contributed by atoms with Crippen LogP contribution in [0.5, 0.6) is 0 Å². The minimum absolute atomic E-state index is 0.221. The van der Waals surface area contributed by atoms with E-state index in [0.29, 0.717) is 0 Å². The molecule has 104 valence electrons. The lowest BCUT2D eigenvalue weighted by Crippen LogP contribution is -2.17. The van der Waals surface area contributed by atoms with Crippen LogP contribution in [0.15, 0.2) is 41.6 Å². The van der Waals surface area contributed by atoms with Gasteiger partial charge in [-0.1, -0.05) is 0 Å². The molecule has 1 aromatic heterocycles. The molecule has 0 bridgehead atoms. The molecule has 9 heteroatoms. The highest BCUT2D eigenvalue weighted by atomic mass is 32.2. The van der Waals surface area contributed by atoms with Crippen molar-refractivity contribution in [3.05, 3.63) is 48.2 Å². The molecule has 0 radical (unpaired) electrons. The highest BCUT2D eigenvalue weighted by Crippen LogP contribution is 2.16. The zero-order chi connectivity index (χ0) is 14.8. The first-order chi connectivity index (χ1) is 9.40. The third-order valence-corrected chi connectivity index (χ3v) is 3.61. The number of rotatable bonds is 4. The van der Waals surface area contributed by atoms with Crippen molar-refractivity contribution in [1.82, 2.24) is 9.97 Å². The number of benzene rings is 1. The van der Waals surface area contributed by atoms with Crippen molar-refractivity contribution in [2.45, 2.75) is 4.90 Å². The van der Waals surface area contributed by atoms with Crippen LogP contribution in [0.3, 0.4) is 0 Å². The van der Waals surface area contributed by atoms with Gasteiger partial charge in [0.15, 0.2) is 11.5 Å². The minimum atomic E-state index is -4.07. The molecule has 0 unspecified atom stereocenters. The molecule has 0 aliphatic carbocycles. The molecule has 0 aliphatic rings. The van der Waals surface area contributed by atoms with Crippen LogP contribution in [-0.4, -0.2) is 29.5 Å². The molecule has 0 amide bonds. The smallest absolute Gasteiger partial charge is 0.358 e. The summed E-state index contributed by atoms with van der Waals surface area (Å²) in [6.45, 7) is 0. The fourth-order valence-electron chi connectivity index (χ4n) is 1.37. The largest absolute Gasteiger partial charge is 0.476 e. The maximum absolute atomic E-state index is 12.8. The number of nitrogens with one attached hydrogen (secondary N) is 1. The Kier molecular flexibility index (Phi) is 3.61. The standard InChI is InChI=1S/C11H8FN3O4S/c12-7-1-3-8(4-2-7)20(18,19)15-10-9(11(16)17)13-5-6-14-10/h1-6H,(H,14,15)(H,16,17). The molecule has 2 rings (SSSR count). The molecule has 0 aliphatic heterocycles. The van der Waals surface area contributed by atoms with E-state index in [1.807, 2.05) is 4.72 Å². The molecule has 1 aromatic carbocycles. The molecular weight excluding hydrogens is 289 g/mol. The summed E-state index contributed by atoms with van der Waals surface area (Å²) in [5.74, 6) is -2.42. The van der Waals surface area contributed by atoms with Crippen LogP contribution in [0.4, 0.5) is 10.2 Å². The number of halogens is 1. The Morgan fingerprint density at radius 1 is 1.15 bits per heavy atom. The number of anilines is 1. The number of carboxylic acid groups (broad SMARTS) is 1. The van der Waals surface area contributed by atoms with Crippen LogP contribution < -0.4 is 4.72 Å². The van der Waals surface area contributed by atoms with Crippen molar-refractivity contribution in [2.75, 3.05) is 4.72 Å². The average Bonchev–Trinajstić information content (AvgIpc) is 2.39. The summed E-state index contributed by atoms with van der Waals surface area (Å²) in [5, 5.41) is 8.88. The maximum Gasteiger partial charge on any atom is 0.358 e. The number of carboxylic acids is 1. The number of hydrogen-bond donors (Lipinski definition) is 2.